The fraction of sp³-hybridized carbons (Fsp3) is 0.143. The highest BCUT2D eigenvalue weighted by molar-refractivity contribution is 6.32. The second kappa shape index (κ2) is 10.4. The molecule has 0 radical (unpaired) electrons. The zero-order valence-corrected chi connectivity index (χ0v) is 17.9. The van der Waals surface area contributed by atoms with Gasteiger partial charge in [-0.1, -0.05) is 35.9 Å². The van der Waals surface area contributed by atoms with Crippen molar-refractivity contribution in [3.05, 3.63) is 85.8 Å². The lowest BCUT2D eigenvalue weighted by Crippen LogP contribution is -2.27. The molecular formula is C21H17ClN4O7. The van der Waals surface area contributed by atoms with Gasteiger partial charge in [0.15, 0.2) is 12.4 Å². The molecule has 0 saturated heterocycles. The fourth-order valence-electron chi connectivity index (χ4n) is 2.76. The van der Waals surface area contributed by atoms with Crippen LogP contribution in [0.4, 0.5) is 11.4 Å². The summed E-state index contributed by atoms with van der Waals surface area (Å²) >= 11 is 6.13. The summed E-state index contributed by atoms with van der Waals surface area (Å²) in [4.78, 5) is 47.8. The number of carbonyl (C=O) groups is 2. The largest absolute Gasteiger partial charge is 0.481 e. The van der Waals surface area contributed by atoms with E-state index in [-0.39, 0.29) is 40.1 Å². The lowest BCUT2D eigenvalue weighted by atomic mass is 10.2. The molecular weight excluding hydrogens is 456 g/mol. The second-order valence-electron chi connectivity index (χ2n) is 6.39. The van der Waals surface area contributed by atoms with Crippen molar-refractivity contribution >= 4 is 34.9 Å². The number of benzene rings is 2. The number of anilines is 1. The number of ether oxygens (including phenoxy) is 2. The first kappa shape index (κ1) is 23.4. The molecule has 1 amide bonds. The maximum Gasteiger partial charge on any atom is 0.362 e. The topological polar surface area (TPSA) is 143 Å². The van der Waals surface area contributed by atoms with E-state index in [1.54, 1.807) is 25.1 Å². The summed E-state index contributed by atoms with van der Waals surface area (Å²) in [5.41, 5.74) is -1.13. The first-order valence-corrected chi connectivity index (χ1v) is 9.92. The molecule has 12 heteroatoms. The number of carbonyl (C=O) groups excluding carboxylic acids is 2. The summed E-state index contributed by atoms with van der Waals surface area (Å²) in [5, 5.41) is 17.7. The van der Waals surface area contributed by atoms with Gasteiger partial charge in [-0.15, -0.1) is 0 Å². The quantitative estimate of drug-likeness (QED) is 0.299. The van der Waals surface area contributed by atoms with Gasteiger partial charge in [-0.2, -0.15) is 9.78 Å². The van der Waals surface area contributed by atoms with E-state index in [1.165, 1.54) is 30.3 Å². The molecule has 2 aromatic carbocycles. The summed E-state index contributed by atoms with van der Waals surface area (Å²) < 4.78 is 11.2. The van der Waals surface area contributed by atoms with Crippen molar-refractivity contribution in [1.29, 1.82) is 0 Å². The molecule has 33 heavy (non-hydrogen) atoms. The van der Waals surface area contributed by atoms with E-state index in [0.717, 1.165) is 10.7 Å². The van der Waals surface area contributed by atoms with Gasteiger partial charge in [-0.05, 0) is 25.1 Å². The minimum Gasteiger partial charge on any atom is -0.481 e. The highest BCUT2D eigenvalue weighted by atomic mass is 35.5. The molecule has 11 nitrogen and oxygen atoms in total. The first-order valence-electron chi connectivity index (χ1n) is 9.54. The van der Waals surface area contributed by atoms with Crippen LogP contribution in [0.25, 0.3) is 5.69 Å². The smallest absolute Gasteiger partial charge is 0.362 e. The Morgan fingerprint density at radius 3 is 2.58 bits per heavy atom. The number of hydrogen-bond acceptors (Lipinski definition) is 8. The van der Waals surface area contributed by atoms with Crippen LogP contribution < -0.4 is 15.6 Å². The van der Waals surface area contributed by atoms with Crippen LogP contribution in [0.5, 0.6) is 5.75 Å². The normalized spacial score (nSPS) is 10.4. The maximum atomic E-state index is 12.6. The van der Waals surface area contributed by atoms with E-state index >= 15 is 0 Å². The molecule has 0 unspecified atom stereocenters. The average Bonchev–Trinajstić information content (AvgIpc) is 2.78. The van der Waals surface area contributed by atoms with Gasteiger partial charge in [0, 0.05) is 6.07 Å². The van der Waals surface area contributed by atoms with Gasteiger partial charge in [0.1, 0.15) is 5.69 Å². The molecule has 0 atom stereocenters. The van der Waals surface area contributed by atoms with E-state index in [4.69, 9.17) is 21.1 Å². The van der Waals surface area contributed by atoms with E-state index in [2.05, 4.69) is 10.4 Å². The van der Waals surface area contributed by atoms with E-state index in [1.807, 2.05) is 0 Å². The monoisotopic (exact) mass is 472 g/mol. The molecule has 0 bridgehead atoms. The van der Waals surface area contributed by atoms with Crippen LogP contribution in [-0.2, 0) is 9.53 Å². The van der Waals surface area contributed by atoms with Crippen LogP contribution >= 0.6 is 11.6 Å². The predicted octanol–water partition coefficient (Wildman–Crippen LogP) is 2.99. The number of nitrogens with one attached hydrogen (secondary N) is 1. The minimum absolute atomic E-state index is 0.0311. The lowest BCUT2D eigenvalue weighted by Gasteiger charge is -2.13. The number of rotatable bonds is 8. The number of halogens is 1. The van der Waals surface area contributed by atoms with E-state index in [9.17, 15) is 24.5 Å². The van der Waals surface area contributed by atoms with Crippen LogP contribution in [0.2, 0.25) is 5.02 Å². The van der Waals surface area contributed by atoms with Crippen molar-refractivity contribution in [2.24, 2.45) is 0 Å². The molecule has 0 aliphatic rings. The number of aromatic nitrogens is 2. The number of esters is 1. The summed E-state index contributed by atoms with van der Waals surface area (Å²) in [6, 6.07) is 12.9. The zero-order chi connectivity index (χ0) is 24.0. The summed E-state index contributed by atoms with van der Waals surface area (Å²) in [7, 11) is 0. The third-order valence-corrected chi connectivity index (χ3v) is 4.50. The SMILES string of the molecule is CCOC(=O)c1nn(-c2ccccc2Cl)c(=O)cc1OCC(=O)Nc1ccccc1[N+](=O)[O-]. The third kappa shape index (κ3) is 5.52. The van der Waals surface area contributed by atoms with Crippen molar-refractivity contribution < 1.29 is 24.0 Å². The fourth-order valence-corrected chi connectivity index (χ4v) is 2.97. The highest BCUT2D eigenvalue weighted by Gasteiger charge is 2.22. The number of nitro benzene ring substituents is 1. The number of hydrogen-bond donors (Lipinski definition) is 1. The van der Waals surface area contributed by atoms with E-state index < -0.39 is 29.0 Å². The maximum absolute atomic E-state index is 12.6. The Morgan fingerprint density at radius 1 is 1.18 bits per heavy atom. The van der Waals surface area contributed by atoms with Crippen molar-refractivity contribution in [2.45, 2.75) is 6.92 Å². The van der Waals surface area contributed by atoms with Gasteiger partial charge in [0.2, 0.25) is 5.69 Å². The van der Waals surface area contributed by atoms with Crippen LogP contribution in [0, 0.1) is 10.1 Å². The lowest BCUT2D eigenvalue weighted by molar-refractivity contribution is -0.383. The Kier molecular flexibility index (Phi) is 7.36. The number of nitro groups is 1. The molecule has 3 aromatic rings. The Morgan fingerprint density at radius 2 is 1.88 bits per heavy atom. The molecule has 1 aromatic heterocycles. The van der Waals surface area contributed by atoms with Gasteiger partial charge >= 0.3 is 5.97 Å². The van der Waals surface area contributed by atoms with Crippen LogP contribution in [0.15, 0.2) is 59.4 Å². The van der Waals surface area contributed by atoms with Gasteiger partial charge in [-0.3, -0.25) is 19.7 Å². The summed E-state index contributed by atoms with van der Waals surface area (Å²) in [6.45, 7) is 0.960. The molecule has 1 N–H and O–H groups in total. The summed E-state index contributed by atoms with van der Waals surface area (Å²) in [5.74, 6) is -1.93. The Hall–Kier alpha value is -4.25. The molecule has 170 valence electrons. The van der Waals surface area contributed by atoms with Crippen molar-refractivity contribution in [3.63, 3.8) is 0 Å². The summed E-state index contributed by atoms with van der Waals surface area (Å²) in [6.07, 6.45) is 0. The van der Waals surface area contributed by atoms with Gasteiger partial charge < -0.3 is 14.8 Å². The Bertz CT molecular complexity index is 1280. The Labute approximate surface area is 191 Å². The second-order valence-corrected chi connectivity index (χ2v) is 6.80. The first-order chi connectivity index (χ1) is 15.8. The molecule has 0 aliphatic carbocycles. The standard InChI is InChI=1S/C21H17ClN4O7/c1-2-32-21(29)20-17(11-19(28)25(24-20)15-9-5-3-7-13(15)22)33-12-18(27)23-14-8-4-6-10-16(14)26(30)31/h3-11H,2,12H2,1H3,(H,23,27). The molecule has 1 heterocycles. The third-order valence-electron chi connectivity index (χ3n) is 4.18. The molecule has 3 rings (SSSR count). The zero-order valence-electron chi connectivity index (χ0n) is 17.2. The predicted molar refractivity (Wildman–Crippen MR) is 118 cm³/mol. The van der Waals surface area contributed by atoms with Crippen LogP contribution in [-0.4, -0.2) is 39.8 Å². The van der Waals surface area contributed by atoms with Gasteiger partial charge in [-0.25, -0.2) is 4.79 Å². The Balaban J connectivity index is 1.88. The van der Waals surface area contributed by atoms with Crippen LogP contribution in [0.1, 0.15) is 17.4 Å². The van der Waals surface area contributed by atoms with Crippen molar-refractivity contribution in [2.75, 3.05) is 18.5 Å². The number of nitrogens with zero attached hydrogens (tertiary/aromatic N) is 3. The molecule has 0 spiro atoms. The molecule has 0 aliphatic heterocycles. The van der Waals surface area contributed by atoms with Crippen molar-refractivity contribution in [1.82, 2.24) is 9.78 Å². The number of amides is 1. The number of para-hydroxylation sites is 3. The highest BCUT2D eigenvalue weighted by Crippen LogP contribution is 2.24. The van der Waals surface area contributed by atoms with Gasteiger partial charge in [0.05, 0.1) is 28.3 Å². The van der Waals surface area contributed by atoms with E-state index in [0.29, 0.717) is 0 Å². The molecule has 0 fully saturated rings. The minimum atomic E-state index is -0.882. The van der Waals surface area contributed by atoms with Crippen molar-refractivity contribution in [3.8, 4) is 11.4 Å². The van der Waals surface area contributed by atoms with Crippen LogP contribution in [0.3, 0.4) is 0 Å². The average molecular weight is 473 g/mol. The van der Waals surface area contributed by atoms with Gasteiger partial charge in [0.25, 0.3) is 17.2 Å². The molecule has 0 saturated carbocycles.